The summed E-state index contributed by atoms with van der Waals surface area (Å²) in [5.41, 5.74) is 1.96. The van der Waals surface area contributed by atoms with E-state index in [0.717, 1.165) is 5.75 Å². The van der Waals surface area contributed by atoms with Gasteiger partial charge in [-0.25, -0.2) is 0 Å². The molecule has 0 heterocycles. The number of aliphatic hydroxyl groups excluding tert-OH is 1. The Labute approximate surface area is 200 Å². The van der Waals surface area contributed by atoms with Crippen LogP contribution in [0.2, 0.25) is 0 Å². The Kier molecular flexibility index (Phi) is 7.04. The highest BCUT2D eigenvalue weighted by Crippen LogP contribution is 2.63. The normalized spacial score (nSPS) is 40.8. The van der Waals surface area contributed by atoms with E-state index in [0.29, 0.717) is 24.0 Å². The molecule has 7 atom stereocenters. The molecule has 1 saturated carbocycles. The smallest absolute Gasteiger partial charge is 0.323 e. The first-order valence-corrected chi connectivity index (χ1v) is 13.0. The second-order valence-electron chi connectivity index (χ2n) is 11.0. The zero-order valence-electron chi connectivity index (χ0n) is 20.6. The highest BCUT2D eigenvalue weighted by atomic mass is 32.2. The first-order chi connectivity index (χ1) is 15.2. The van der Waals surface area contributed by atoms with Crippen molar-refractivity contribution >= 4 is 23.5 Å². The Balaban J connectivity index is 2.08. The van der Waals surface area contributed by atoms with E-state index in [-0.39, 0.29) is 13.0 Å². The van der Waals surface area contributed by atoms with Crippen LogP contribution in [-0.2, 0) is 14.3 Å². The molecule has 3 aliphatic rings. The molecule has 0 radical (unpaired) electrons. The molecule has 0 spiro atoms. The molecule has 0 amide bonds. The lowest BCUT2D eigenvalue weighted by molar-refractivity contribution is -0.246. The van der Waals surface area contributed by atoms with Gasteiger partial charge in [0.25, 0.3) is 0 Å². The van der Waals surface area contributed by atoms with Crippen molar-refractivity contribution in [2.45, 2.75) is 76.7 Å². The van der Waals surface area contributed by atoms with Crippen molar-refractivity contribution in [3.05, 3.63) is 23.3 Å². The van der Waals surface area contributed by atoms with Gasteiger partial charge in [-0.05, 0) is 55.8 Å². The maximum Gasteiger partial charge on any atom is 0.323 e. The predicted octanol–water partition coefficient (Wildman–Crippen LogP) is 1.98. The minimum Gasteiger partial charge on any atom is -0.458 e. The summed E-state index contributed by atoms with van der Waals surface area (Å²) >= 11 is 1.61. The molecule has 7 nitrogen and oxygen atoms in total. The van der Waals surface area contributed by atoms with Crippen LogP contribution in [-0.4, -0.2) is 68.5 Å². The lowest BCUT2D eigenvalue weighted by atomic mass is 9.48. The number of fused-ring (bicyclic) bond motifs is 3. The summed E-state index contributed by atoms with van der Waals surface area (Å²) < 4.78 is 6.08. The largest absolute Gasteiger partial charge is 0.458 e. The van der Waals surface area contributed by atoms with Crippen molar-refractivity contribution in [2.75, 3.05) is 18.6 Å². The van der Waals surface area contributed by atoms with Crippen LogP contribution in [0.3, 0.4) is 0 Å². The fourth-order valence-corrected chi connectivity index (χ4v) is 6.79. The zero-order chi connectivity index (χ0) is 25.0. The molecule has 3 rings (SSSR count). The van der Waals surface area contributed by atoms with Crippen molar-refractivity contribution < 1.29 is 29.6 Å². The quantitative estimate of drug-likeness (QED) is 0.335. The molecular formula is C25H39NO6S. The van der Waals surface area contributed by atoms with Gasteiger partial charge in [0.1, 0.15) is 17.2 Å². The molecule has 0 aromatic carbocycles. The van der Waals surface area contributed by atoms with E-state index in [9.17, 15) is 24.9 Å². The average molecular weight is 482 g/mol. The fraction of sp³-hybridized carbons (Fsp3) is 0.760. The minimum absolute atomic E-state index is 0.0431. The first kappa shape index (κ1) is 26.4. The Morgan fingerprint density at radius 2 is 1.91 bits per heavy atom. The molecule has 0 aromatic rings. The van der Waals surface area contributed by atoms with Gasteiger partial charge in [0.05, 0.1) is 12.2 Å². The molecule has 3 aliphatic carbocycles. The van der Waals surface area contributed by atoms with E-state index < -0.39 is 57.8 Å². The highest BCUT2D eigenvalue weighted by molar-refractivity contribution is 7.98. The van der Waals surface area contributed by atoms with Gasteiger partial charge in [-0.1, -0.05) is 32.9 Å². The van der Waals surface area contributed by atoms with Gasteiger partial charge in [-0.3, -0.25) is 9.59 Å². The number of rotatable bonds is 6. The summed E-state index contributed by atoms with van der Waals surface area (Å²) in [6, 6.07) is -0.734. The number of ether oxygens (including phenoxy) is 1. The molecule has 33 heavy (non-hydrogen) atoms. The van der Waals surface area contributed by atoms with Gasteiger partial charge in [-0.2, -0.15) is 11.8 Å². The third kappa shape index (κ3) is 3.92. The van der Waals surface area contributed by atoms with Gasteiger partial charge in [0.2, 0.25) is 0 Å². The van der Waals surface area contributed by atoms with E-state index in [4.69, 9.17) is 10.5 Å². The number of carbonyl (C=O) groups is 2. The summed E-state index contributed by atoms with van der Waals surface area (Å²) in [4.78, 5) is 25.9. The summed E-state index contributed by atoms with van der Waals surface area (Å²) in [5.74, 6) is -1.98. The van der Waals surface area contributed by atoms with Crippen LogP contribution >= 0.6 is 11.8 Å². The summed E-state index contributed by atoms with van der Waals surface area (Å²) in [7, 11) is 0. The lowest BCUT2D eigenvalue weighted by Crippen LogP contribution is -2.69. The number of Topliss-reactive ketones (excluding diaryl/α,β-unsaturated/α-hetero) is 1. The van der Waals surface area contributed by atoms with Crippen LogP contribution < -0.4 is 5.73 Å². The minimum atomic E-state index is -1.81. The summed E-state index contributed by atoms with van der Waals surface area (Å²) in [6.07, 6.45) is 6.23. The summed E-state index contributed by atoms with van der Waals surface area (Å²) in [5, 5.41) is 33.9. The van der Waals surface area contributed by atoms with Crippen molar-refractivity contribution in [1.29, 1.82) is 0 Å². The maximum absolute atomic E-state index is 13.0. The Morgan fingerprint density at radius 3 is 2.48 bits per heavy atom. The van der Waals surface area contributed by atoms with E-state index in [1.165, 1.54) is 0 Å². The van der Waals surface area contributed by atoms with E-state index in [2.05, 4.69) is 0 Å². The fourth-order valence-electron chi connectivity index (χ4n) is 6.30. The van der Waals surface area contributed by atoms with Crippen molar-refractivity contribution in [2.24, 2.45) is 28.9 Å². The molecule has 0 aromatic heterocycles. The van der Waals surface area contributed by atoms with Crippen LogP contribution in [0.1, 0.15) is 53.9 Å². The molecule has 0 bridgehead atoms. The van der Waals surface area contributed by atoms with Gasteiger partial charge in [0.15, 0.2) is 5.78 Å². The average Bonchev–Trinajstić information content (AvgIpc) is 2.90. The molecular weight excluding hydrogens is 442 g/mol. The number of esters is 1. The Morgan fingerprint density at radius 1 is 1.27 bits per heavy atom. The van der Waals surface area contributed by atoms with Crippen LogP contribution in [0.4, 0.5) is 0 Å². The topological polar surface area (TPSA) is 130 Å². The van der Waals surface area contributed by atoms with Crippen molar-refractivity contribution in [3.63, 3.8) is 0 Å². The van der Waals surface area contributed by atoms with E-state index >= 15 is 0 Å². The SMILES string of the molecule is CSCC[C@H](N)C(=O)O[C@]1(C)C[C@@H](C)[C@@]2(O)[C@@H](C=C(CO)C[C@]3(O)C(=O)C(C)=C[C@@H]23)C1(C)C. The Hall–Kier alpha value is -1.19. The highest BCUT2D eigenvalue weighted by Gasteiger charge is 2.69. The number of hydrogen-bond acceptors (Lipinski definition) is 8. The molecule has 5 N–H and O–H groups in total. The standard InChI is InChI=1S/C25H39NO6S/c1-14-9-19-24(30,20(14)28)12-16(13-27)10-18-22(3,4)23(5,11-15(2)25(18,19)31)32-21(29)17(26)7-8-33-6/h9-10,15,17-19,27,30-31H,7-8,11-13,26H2,1-6H3/t15-,17+,18+,19-,23-,24-,25-/m1/s1. The van der Waals surface area contributed by atoms with Gasteiger partial charge in [-0.15, -0.1) is 0 Å². The van der Waals surface area contributed by atoms with E-state index in [1.54, 1.807) is 30.8 Å². The number of thioether (sulfide) groups is 1. The number of aliphatic hydroxyl groups is 3. The maximum atomic E-state index is 13.0. The van der Waals surface area contributed by atoms with Crippen LogP contribution in [0.25, 0.3) is 0 Å². The van der Waals surface area contributed by atoms with Crippen LogP contribution in [0.5, 0.6) is 0 Å². The van der Waals surface area contributed by atoms with Gasteiger partial charge < -0.3 is 25.8 Å². The number of ketones is 1. The van der Waals surface area contributed by atoms with Crippen molar-refractivity contribution in [1.82, 2.24) is 0 Å². The van der Waals surface area contributed by atoms with Crippen LogP contribution in [0.15, 0.2) is 23.3 Å². The summed E-state index contributed by atoms with van der Waals surface area (Å²) in [6.45, 7) is 8.90. The molecule has 0 saturated heterocycles. The Bertz CT molecular complexity index is 884. The molecule has 186 valence electrons. The van der Waals surface area contributed by atoms with E-state index in [1.807, 2.05) is 34.0 Å². The molecule has 8 heteroatoms. The zero-order valence-corrected chi connectivity index (χ0v) is 21.4. The molecule has 0 unspecified atom stereocenters. The van der Waals surface area contributed by atoms with Gasteiger partial charge in [0, 0.05) is 23.7 Å². The molecule has 1 fully saturated rings. The monoisotopic (exact) mass is 481 g/mol. The number of nitrogens with two attached hydrogens (primary N) is 1. The number of carbonyl (C=O) groups excluding carboxylic acids is 2. The van der Waals surface area contributed by atoms with Gasteiger partial charge >= 0.3 is 5.97 Å². The second kappa shape index (κ2) is 8.79. The second-order valence-corrected chi connectivity index (χ2v) is 12.0. The first-order valence-electron chi connectivity index (χ1n) is 11.6. The lowest BCUT2D eigenvalue weighted by Gasteiger charge is -2.61. The predicted molar refractivity (Wildman–Crippen MR) is 128 cm³/mol. The van der Waals surface area contributed by atoms with Crippen LogP contribution in [0, 0.1) is 23.2 Å². The third-order valence-corrected chi connectivity index (χ3v) is 9.31. The number of hydrogen-bond donors (Lipinski definition) is 4. The van der Waals surface area contributed by atoms with Crippen molar-refractivity contribution in [3.8, 4) is 0 Å². The third-order valence-electron chi connectivity index (χ3n) is 8.67. The molecule has 0 aliphatic heterocycles.